The van der Waals surface area contributed by atoms with Crippen molar-refractivity contribution < 1.29 is 5.11 Å². The van der Waals surface area contributed by atoms with Crippen LogP contribution in [-0.4, -0.2) is 48.8 Å². The summed E-state index contributed by atoms with van der Waals surface area (Å²) in [7, 11) is 0. The lowest BCUT2D eigenvalue weighted by atomic mass is 9.93. The second kappa shape index (κ2) is 5.83. The molecule has 1 aliphatic heterocycles. The number of likely N-dealkylation sites (tertiary alicyclic amines) is 1. The molecule has 1 fully saturated rings. The first-order valence-electron chi connectivity index (χ1n) is 6.14. The van der Waals surface area contributed by atoms with Crippen molar-refractivity contribution in [1.29, 1.82) is 0 Å². The summed E-state index contributed by atoms with van der Waals surface area (Å²) in [6, 6.07) is 0. The smallest absolute Gasteiger partial charge is 0.0791 e. The van der Waals surface area contributed by atoms with Gasteiger partial charge in [0.1, 0.15) is 0 Å². The molecular weight excluding hydrogens is 188 g/mol. The van der Waals surface area contributed by atoms with E-state index in [1.165, 1.54) is 6.42 Å². The molecule has 15 heavy (non-hydrogen) atoms. The van der Waals surface area contributed by atoms with Gasteiger partial charge in [0.15, 0.2) is 0 Å². The van der Waals surface area contributed by atoms with E-state index in [9.17, 15) is 5.11 Å². The van der Waals surface area contributed by atoms with Gasteiger partial charge in [-0.2, -0.15) is 0 Å². The summed E-state index contributed by atoms with van der Waals surface area (Å²) >= 11 is 0. The molecule has 0 aliphatic carbocycles. The molecule has 90 valence electrons. The van der Waals surface area contributed by atoms with Crippen molar-refractivity contribution in [2.75, 3.05) is 32.7 Å². The minimum absolute atomic E-state index is 0.217. The Labute approximate surface area is 93.9 Å². The van der Waals surface area contributed by atoms with Crippen LogP contribution < -0.4 is 5.32 Å². The second-order valence-electron chi connectivity index (χ2n) is 5.51. The molecule has 3 heteroatoms. The van der Waals surface area contributed by atoms with Crippen molar-refractivity contribution >= 4 is 0 Å². The lowest BCUT2D eigenvalue weighted by molar-refractivity contribution is 0.119. The maximum absolute atomic E-state index is 9.80. The summed E-state index contributed by atoms with van der Waals surface area (Å²) in [6.45, 7) is 11.6. The molecule has 1 rings (SSSR count). The number of rotatable bonds is 6. The Kier molecular flexibility index (Phi) is 5.03. The molecule has 0 amide bonds. The number of aliphatic hydroxyl groups is 1. The van der Waals surface area contributed by atoms with E-state index in [0.717, 1.165) is 39.1 Å². The van der Waals surface area contributed by atoms with Gasteiger partial charge in [-0.1, -0.05) is 20.8 Å². The fourth-order valence-corrected chi connectivity index (χ4v) is 2.19. The Morgan fingerprint density at radius 1 is 1.47 bits per heavy atom. The first-order chi connectivity index (χ1) is 7.03. The first-order valence-corrected chi connectivity index (χ1v) is 6.14. The maximum Gasteiger partial charge on any atom is 0.0791 e. The molecule has 2 N–H and O–H groups in total. The Balaban J connectivity index is 2.13. The summed E-state index contributed by atoms with van der Waals surface area (Å²) in [5.41, 5.74) is 0.441. The molecule has 3 nitrogen and oxygen atoms in total. The van der Waals surface area contributed by atoms with Gasteiger partial charge < -0.3 is 15.3 Å². The molecule has 1 atom stereocenters. The predicted molar refractivity (Wildman–Crippen MR) is 64.0 cm³/mol. The fraction of sp³-hybridized carbons (Fsp3) is 1.00. The molecule has 1 aliphatic rings. The first kappa shape index (κ1) is 12.9. The average molecular weight is 214 g/mol. The number of nitrogens with one attached hydrogen (secondary N) is 1. The molecule has 0 aromatic carbocycles. The van der Waals surface area contributed by atoms with E-state index in [4.69, 9.17) is 0 Å². The summed E-state index contributed by atoms with van der Waals surface area (Å²) in [5, 5.41) is 13.1. The number of aliphatic hydroxyl groups excluding tert-OH is 1. The van der Waals surface area contributed by atoms with E-state index in [1.807, 2.05) is 0 Å². The summed E-state index contributed by atoms with van der Waals surface area (Å²) in [6.07, 6.45) is 2.16. The van der Waals surface area contributed by atoms with Crippen LogP contribution in [0.1, 0.15) is 33.6 Å². The lowest BCUT2D eigenvalue weighted by Gasteiger charge is -2.22. The zero-order valence-corrected chi connectivity index (χ0v) is 10.4. The predicted octanol–water partition coefficient (Wildman–Crippen LogP) is 1.08. The van der Waals surface area contributed by atoms with Crippen LogP contribution in [0.2, 0.25) is 0 Å². The van der Waals surface area contributed by atoms with E-state index >= 15 is 0 Å². The van der Waals surface area contributed by atoms with Crippen LogP contribution in [0.4, 0.5) is 0 Å². The summed E-state index contributed by atoms with van der Waals surface area (Å²) < 4.78 is 0. The van der Waals surface area contributed by atoms with Gasteiger partial charge in [0.2, 0.25) is 0 Å². The van der Waals surface area contributed by atoms with Crippen molar-refractivity contribution in [3.63, 3.8) is 0 Å². The van der Waals surface area contributed by atoms with Gasteiger partial charge in [-0.15, -0.1) is 0 Å². The van der Waals surface area contributed by atoms with E-state index < -0.39 is 0 Å². The lowest BCUT2D eigenvalue weighted by Crippen LogP contribution is -2.38. The molecule has 0 aromatic rings. The Morgan fingerprint density at radius 2 is 2.20 bits per heavy atom. The number of hydrogen-bond acceptors (Lipinski definition) is 3. The molecule has 1 heterocycles. The van der Waals surface area contributed by atoms with Crippen molar-refractivity contribution in [2.45, 2.75) is 39.7 Å². The highest BCUT2D eigenvalue weighted by Gasteiger charge is 2.29. The second-order valence-corrected chi connectivity index (χ2v) is 5.51. The monoisotopic (exact) mass is 214 g/mol. The van der Waals surface area contributed by atoms with Crippen LogP contribution >= 0.6 is 0 Å². The molecule has 0 saturated carbocycles. The quantitative estimate of drug-likeness (QED) is 0.650. The van der Waals surface area contributed by atoms with Crippen LogP contribution in [0.15, 0.2) is 0 Å². The zero-order chi connectivity index (χ0) is 11.3. The largest absolute Gasteiger partial charge is 0.390 e. The van der Waals surface area contributed by atoms with Gasteiger partial charge in [-0.05, 0) is 31.3 Å². The molecule has 0 bridgehead atoms. The highest BCUT2D eigenvalue weighted by atomic mass is 16.3. The van der Waals surface area contributed by atoms with Crippen molar-refractivity contribution in [2.24, 2.45) is 5.41 Å². The SMILES string of the molecule is CCCNCC(O)CN1CCC(C)(C)C1. The van der Waals surface area contributed by atoms with E-state index in [1.54, 1.807) is 0 Å². The average Bonchev–Trinajstić information content (AvgIpc) is 2.46. The van der Waals surface area contributed by atoms with Gasteiger partial charge >= 0.3 is 0 Å². The van der Waals surface area contributed by atoms with Crippen LogP contribution in [0.5, 0.6) is 0 Å². The summed E-state index contributed by atoms with van der Waals surface area (Å²) in [4.78, 5) is 2.37. The van der Waals surface area contributed by atoms with Crippen LogP contribution in [0, 0.1) is 5.41 Å². The van der Waals surface area contributed by atoms with E-state index in [-0.39, 0.29) is 6.10 Å². The van der Waals surface area contributed by atoms with Gasteiger partial charge in [0, 0.05) is 19.6 Å². The Hall–Kier alpha value is -0.120. The van der Waals surface area contributed by atoms with Gasteiger partial charge in [-0.25, -0.2) is 0 Å². The molecule has 0 aromatic heterocycles. The highest BCUT2D eigenvalue weighted by molar-refractivity contribution is 4.83. The normalized spacial score (nSPS) is 23.2. The van der Waals surface area contributed by atoms with Gasteiger partial charge in [0.05, 0.1) is 6.10 Å². The van der Waals surface area contributed by atoms with Crippen molar-refractivity contribution in [3.8, 4) is 0 Å². The fourth-order valence-electron chi connectivity index (χ4n) is 2.19. The topological polar surface area (TPSA) is 35.5 Å². The Morgan fingerprint density at radius 3 is 2.73 bits per heavy atom. The van der Waals surface area contributed by atoms with Crippen LogP contribution in [0.3, 0.4) is 0 Å². The van der Waals surface area contributed by atoms with Crippen molar-refractivity contribution in [1.82, 2.24) is 10.2 Å². The van der Waals surface area contributed by atoms with E-state index in [2.05, 4.69) is 31.0 Å². The molecule has 1 unspecified atom stereocenters. The third-order valence-corrected chi connectivity index (χ3v) is 3.03. The number of nitrogens with zero attached hydrogens (tertiary/aromatic N) is 1. The zero-order valence-electron chi connectivity index (χ0n) is 10.4. The number of hydrogen-bond donors (Lipinski definition) is 2. The highest BCUT2D eigenvalue weighted by Crippen LogP contribution is 2.28. The minimum atomic E-state index is -0.217. The van der Waals surface area contributed by atoms with E-state index in [0.29, 0.717) is 5.41 Å². The minimum Gasteiger partial charge on any atom is -0.390 e. The maximum atomic E-state index is 9.80. The van der Waals surface area contributed by atoms with Crippen molar-refractivity contribution in [3.05, 3.63) is 0 Å². The number of β-amino-alcohol motifs (C(OH)–C–C–N with tert-alkyl or cyclic N) is 1. The van der Waals surface area contributed by atoms with Gasteiger partial charge in [-0.3, -0.25) is 0 Å². The molecule has 1 saturated heterocycles. The summed E-state index contributed by atoms with van der Waals surface area (Å²) in [5.74, 6) is 0. The molecular formula is C12H26N2O. The van der Waals surface area contributed by atoms with Gasteiger partial charge in [0.25, 0.3) is 0 Å². The third kappa shape index (κ3) is 4.96. The van der Waals surface area contributed by atoms with Crippen LogP contribution in [0.25, 0.3) is 0 Å². The van der Waals surface area contributed by atoms with Crippen LogP contribution in [-0.2, 0) is 0 Å². The molecule has 0 radical (unpaired) electrons. The Bertz CT molecular complexity index is 182. The third-order valence-electron chi connectivity index (χ3n) is 3.03. The molecule has 0 spiro atoms. The standard InChI is InChI=1S/C12H26N2O/c1-4-6-13-8-11(15)9-14-7-5-12(2,3)10-14/h11,13,15H,4-10H2,1-3H3.